The predicted octanol–water partition coefficient (Wildman–Crippen LogP) is 4.26. The van der Waals surface area contributed by atoms with Crippen LogP contribution in [0.2, 0.25) is 0 Å². The maximum atomic E-state index is 12.6. The standard InChI is InChI=1S/C24H29N7OS/c1-15-8-16(18-9-21(31-29-12-18)30-19(10-25)13-26-5)6-7-17(15)11-27-22(32)20-14-28-23(33-20)24(2,3)4/h6-10,12-14,25-26H,11H2,1-5H3,(H,27,32)(H,30,31)/b19-13+,25-10?. The summed E-state index contributed by atoms with van der Waals surface area (Å²) in [6.07, 6.45) is 6.22. The Balaban J connectivity index is 1.69. The average Bonchev–Trinajstić information content (AvgIpc) is 3.29. The molecule has 8 nitrogen and oxygen atoms in total. The molecule has 33 heavy (non-hydrogen) atoms. The highest BCUT2D eigenvalue weighted by atomic mass is 32.1. The normalized spacial score (nSPS) is 11.7. The van der Waals surface area contributed by atoms with Crippen LogP contribution in [0.25, 0.3) is 11.1 Å². The van der Waals surface area contributed by atoms with E-state index in [0.717, 1.165) is 27.3 Å². The first kappa shape index (κ1) is 24.1. The molecule has 3 rings (SSSR count). The van der Waals surface area contributed by atoms with Gasteiger partial charge in [-0.25, -0.2) is 4.98 Å². The molecule has 0 aliphatic heterocycles. The highest BCUT2D eigenvalue weighted by Crippen LogP contribution is 2.27. The summed E-state index contributed by atoms with van der Waals surface area (Å²) in [5.41, 5.74) is 4.50. The third kappa shape index (κ3) is 6.23. The van der Waals surface area contributed by atoms with E-state index in [9.17, 15) is 4.79 Å². The number of aryl methyl sites for hydroxylation is 1. The molecule has 1 aromatic carbocycles. The first-order chi connectivity index (χ1) is 15.7. The fourth-order valence-electron chi connectivity index (χ4n) is 3.07. The maximum absolute atomic E-state index is 12.6. The molecule has 172 valence electrons. The second-order valence-electron chi connectivity index (χ2n) is 8.59. The van der Waals surface area contributed by atoms with Crippen molar-refractivity contribution in [3.63, 3.8) is 0 Å². The first-order valence-corrected chi connectivity index (χ1v) is 11.3. The molecule has 0 atom stereocenters. The summed E-state index contributed by atoms with van der Waals surface area (Å²) in [7, 11) is 1.76. The summed E-state index contributed by atoms with van der Waals surface area (Å²) in [5.74, 6) is 0.433. The Morgan fingerprint density at radius 2 is 1.97 bits per heavy atom. The Morgan fingerprint density at radius 1 is 1.18 bits per heavy atom. The minimum atomic E-state index is -0.114. The Hall–Kier alpha value is -3.59. The van der Waals surface area contributed by atoms with Crippen LogP contribution in [-0.4, -0.2) is 34.4 Å². The molecule has 0 fully saturated rings. The minimum Gasteiger partial charge on any atom is -0.392 e. The quantitative estimate of drug-likeness (QED) is 0.371. The average molecular weight is 464 g/mol. The van der Waals surface area contributed by atoms with Gasteiger partial charge in [0.25, 0.3) is 5.91 Å². The summed E-state index contributed by atoms with van der Waals surface area (Å²) >= 11 is 1.43. The molecule has 0 radical (unpaired) electrons. The number of benzene rings is 1. The second kappa shape index (κ2) is 10.4. The number of hydrogen-bond donors (Lipinski definition) is 4. The number of allylic oxidation sites excluding steroid dienone is 1. The third-order valence-electron chi connectivity index (χ3n) is 4.87. The molecular formula is C24H29N7OS. The monoisotopic (exact) mass is 463 g/mol. The van der Waals surface area contributed by atoms with E-state index in [1.807, 2.05) is 25.1 Å². The van der Waals surface area contributed by atoms with Gasteiger partial charge in [-0.1, -0.05) is 39.0 Å². The number of nitrogens with one attached hydrogen (secondary N) is 4. The highest BCUT2D eigenvalue weighted by Gasteiger charge is 2.20. The molecule has 3 aromatic rings. The molecule has 0 aliphatic carbocycles. The number of aromatic nitrogens is 3. The van der Waals surface area contributed by atoms with E-state index >= 15 is 0 Å². The topological polar surface area (TPSA) is 116 Å². The van der Waals surface area contributed by atoms with Gasteiger partial charge in [-0.15, -0.1) is 16.4 Å². The van der Waals surface area contributed by atoms with Crippen LogP contribution in [0.5, 0.6) is 0 Å². The van der Waals surface area contributed by atoms with Crippen molar-refractivity contribution in [2.75, 3.05) is 12.4 Å². The Bertz CT molecular complexity index is 1180. The van der Waals surface area contributed by atoms with Crippen molar-refractivity contribution in [3.05, 3.63) is 69.6 Å². The lowest BCUT2D eigenvalue weighted by atomic mass is 9.98. The summed E-state index contributed by atoms with van der Waals surface area (Å²) < 4.78 is 0. The molecule has 0 unspecified atom stereocenters. The van der Waals surface area contributed by atoms with E-state index < -0.39 is 0 Å². The number of thiazole rings is 1. The van der Waals surface area contributed by atoms with Crippen molar-refractivity contribution in [2.24, 2.45) is 0 Å². The van der Waals surface area contributed by atoms with Gasteiger partial charge in [-0.2, -0.15) is 5.10 Å². The Morgan fingerprint density at radius 3 is 2.61 bits per heavy atom. The molecule has 0 saturated carbocycles. The molecule has 0 saturated heterocycles. The SMILES string of the molecule is CN/C=C(\C=N)Nc1cc(-c2ccc(CNC(=O)c3cnc(C(C)(C)C)s3)c(C)c2)cnn1. The van der Waals surface area contributed by atoms with Crippen molar-refractivity contribution in [1.82, 2.24) is 25.8 Å². The summed E-state index contributed by atoms with van der Waals surface area (Å²) in [6.45, 7) is 8.71. The number of rotatable bonds is 8. The maximum Gasteiger partial charge on any atom is 0.263 e. The fraction of sp³-hybridized carbons (Fsp3) is 0.292. The van der Waals surface area contributed by atoms with Crippen LogP contribution in [0.1, 0.15) is 46.6 Å². The van der Waals surface area contributed by atoms with Gasteiger partial charge in [0.15, 0.2) is 5.82 Å². The van der Waals surface area contributed by atoms with E-state index in [0.29, 0.717) is 22.9 Å². The van der Waals surface area contributed by atoms with Gasteiger partial charge >= 0.3 is 0 Å². The van der Waals surface area contributed by atoms with Crippen LogP contribution in [0.3, 0.4) is 0 Å². The van der Waals surface area contributed by atoms with Crippen molar-refractivity contribution in [1.29, 1.82) is 5.41 Å². The van der Waals surface area contributed by atoms with Gasteiger partial charge in [-0.3, -0.25) is 4.79 Å². The molecule has 1 amide bonds. The molecule has 0 spiro atoms. The number of nitrogens with zero attached hydrogens (tertiary/aromatic N) is 3. The smallest absolute Gasteiger partial charge is 0.263 e. The summed E-state index contributed by atoms with van der Waals surface area (Å²) in [5, 5.41) is 25.5. The molecule has 2 aromatic heterocycles. The fourth-order valence-corrected chi connectivity index (χ4v) is 3.96. The molecule has 9 heteroatoms. The van der Waals surface area contributed by atoms with Gasteiger partial charge in [-0.05, 0) is 29.7 Å². The number of amides is 1. The van der Waals surface area contributed by atoms with Crippen molar-refractivity contribution in [3.8, 4) is 11.1 Å². The lowest BCUT2D eigenvalue weighted by Crippen LogP contribution is -2.22. The number of anilines is 1. The van der Waals surface area contributed by atoms with Crippen LogP contribution in [0.15, 0.2) is 48.6 Å². The zero-order valence-corrected chi connectivity index (χ0v) is 20.3. The van der Waals surface area contributed by atoms with Gasteiger partial charge in [0.1, 0.15) is 4.88 Å². The van der Waals surface area contributed by atoms with E-state index in [-0.39, 0.29) is 11.3 Å². The molecule has 4 N–H and O–H groups in total. The van der Waals surface area contributed by atoms with E-state index in [1.165, 1.54) is 17.6 Å². The van der Waals surface area contributed by atoms with Crippen LogP contribution in [0.4, 0.5) is 5.82 Å². The number of carbonyl (C=O) groups excluding carboxylic acids is 1. The predicted molar refractivity (Wildman–Crippen MR) is 134 cm³/mol. The Labute approximate surface area is 198 Å². The largest absolute Gasteiger partial charge is 0.392 e. The third-order valence-corrected chi connectivity index (χ3v) is 6.29. The number of hydrogen-bond acceptors (Lipinski definition) is 8. The molecule has 0 bridgehead atoms. The van der Waals surface area contributed by atoms with Gasteiger partial charge in [0, 0.05) is 37.0 Å². The minimum absolute atomic E-state index is 0.0724. The van der Waals surface area contributed by atoms with Gasteiger partial charge in [0.2, 0.25) is 0 Å². The first-order valence-electron chi connectivity index (χ1n) is 10.5. The molecular weight excluding hydrogens is 434 g/mol. The van der Waals surface area contributed by atoms with Crippen molar-refractivity contribution < 1.29 is 4.79 Å². The van der Waals surface area contributed by atoms with Crippen molar-refractivity contribution in [2.45, 2.75) is 39.7 Å². The van der Waals surface area contributed by atoms with Crippen LogP contribution >= 0.6 is 11.3 Å². The summed E-state index contributed by atoms with van der Waals surface area (Å²) in [6, 6.07) is 7.96. The Kier molecular flexibility index (Phi) is 7.55. The zero-order valence-electron chi connectivity index (χ0n) is 19.5. The highest BCUT2D eigenvalue weighted by molar-refractivity contribution is 7.13. The molecule has 0 aliphatic rings. The van der Waals surface area contributed by atoms with Crippen LogP contribution in [0, 0.1) is 12.3 Å². The van der Waals surface area contributed by atoms with E-state index in [4.69, 9.17) is 5.41 Å². The summed E-state index contributed by atoms with van der Waals surface area (Å²) in [4.78, 5) is 17.6. The van der Waals surface area contributed by atoms with E-state index in [1.54, 1.807) is 25.6 Å². The van der Waals surface area contributed by atoms with Gasteiger partial charge < -0.3 is 21.4 Å². The lowest BCUT2D eigenvalue weighted by Gasteiger charge is -2.13. The van der Waals surface area contributed by atoms with Crippen LogP contribution < -0.4 is 16.0 Å². The van der Waals surface area contributed by atoms with Gasteiger partial charge in [0.05, 0.1) is 23.1 Å². The second-order valence-corrected chi connectivity index (χ2v) is 9.62. The van der Waals surface area contributed by atoms with Crippen molar-refractivity contribution >= 4 is 29.3 Å². The van der Waals surface area contributed by atoms with E-state index in [2.05, 4.69) is 58.0 Å². The zero-order chi connectivity index (χ0) is 24.0. The lowest BCUT2D eigenvalue weighted by molar-refractivity contribution is 0.0954. The molecule has 2 heterocycles. The van der Waals surface area contributed by atoms with Crippen LogP contribution in [-0.2, 0) is 12.0 Å². The number of carbonyl (C=O) groups is 1.